The fourth-order valence-electron chi connectivity index (χ4n) is 2.88. The number of ether oxygens (including phenoxy) is 1. The van der Waals surface area contributed by atoms with Gasteiger partial charge in [0.2, 0.25) is 0 Å². The van der Waals surface area contributed by atoms with Crippen LogP contribution in [0.25, 0.3) is 0 Å². The molecule has 0 aromatic carbocycles. The number of hydrogen-bond acceptors (Lipinski definition) is 3. The summed E-state index contributed by atoms with van der Waals surface area (Å²) in [7, 11) is 1.64. The highest BCUT2D eigenvalue weighted by Crippen LogP contribution is 2.36. The molecular weight excluding hydrogens is 243 g/mol. The molecule has 19 heavy (non-hydrogen) atoms. The first-order valence-corrected chi connectivity index (χ1v) is 6.89. The number of methoxy groups -OCH3 is 1. The molecule has 3 nitrogen and oxygen atoms in total. The van der Waals surface area contributed by atoms with Crippen molar-refractivity contribution in [1.29, 1.82) is 0 Å². The van der Waals surface area contributed by atoms with Crippen LogP contribution in [-0.2, 0) is 6.42 Å². The summed E-state index contributed by atoms with van der Waals surface area (Å²) in [6, 6.07) is 0.158. The number of alkyl halides is 1. The maximum Gasteiger partial charge on any atom is 0.128 e. The van der Waals surface area contributed by atoms with Gasteiger partial charge >= 0.3 is 0 Å². The molecule has 0 saturated heterocycles. The van der Waals surface area contributed by atoms with E-state index in [0.717, 1.165) is 35.4 Å². The minimum atomic E-state index is -1.16. The van der Waals surface area contributed by atoms with E-state index in [1.54, 1.807) is 13.3 Å². The summed E-state index contributed by atoms with van der Waals surface area (Å²) in [6.45, 7) is 3.90. The summed E-state index contributed by atoms with van der Waals surface area (Å²) in [5.41, 5.74) is 7.43. The minimum absolute atomic E-state index is 0.158. The van der Waals surface area contributed by atoms with E-state index in [1.165, 1.54) is 0 Å². The topological polar surface area (TPSA) is 48.1 Å². The van der Waals surface area contributed by atoms with E-state index in [1.807, 2.05) is 13.8 Å². The molecule has 1 fully saturated rings. The maximum absolute atomic E-state index is 14.8. The Kier molecular flexibility index (Phi) is 4.09. The molecule has 2 N–H and O–H groups in total. The molecule has 1 aliphatic rings. The number of pyridine rings is 1. The Bertz CT molecular complexity index is 454. The van der Waals surface area contributed by atoms with Crippen LogP contribution in [-0.4, -0.2) is 23.8 Å². The molecule has 1 aliphatic carbocycles. The number of aromatic nitrogens is 1. The molecule has 0 amide bonds. The first kappa shape index (κ1) is 14.3. The van der Waals surface area contributed by atoms with Gasteiger partial charge in [0.25, 0.3) is 0 Å². The third kappa shape index (κ3) is 3.06. The average molecular weight is 266 g/mol. The highest BCUT2D eigenvalue weighted by Gasteiger charge is 2.35. The minimum Gasteiger partial charge on any atom is -0.496 e. The highest BCUT2D eigenvalue weighted by atomic mass is 19.1. The summed E-state index contributed by atoms with van der Waals surface area (Å²) in [5.74, 6) is 0.820. The van der Waals surface area contributed by atoms with E-state index in [0.29, 0.717) is 19.3 Å². The van der Waals surface area contributed by atoms with Gasteiger partial charge in [0, 0.05) is 29.8 Å². The van der Waals surface area contributed by atoms with E-state index >= 15 is 0 Å². The molecule has 1 aromatic heterocycles. The van der Waals surface area contributed by atoms with Crippen LogP contribution in [0, 0.1) is 13.8 Å². The average Bonchev–Trinajstić information content (AvgIpc) is 2.38. The van der Waals surface area contributed by atoms with Crippen LogP contribution in [0.1, 0.15) is 42.5 Å². The van der Waals surface area contributed by atoms with Crippen molar-refractivity contribution in [2.24, 2.45) is 5.73 Å². The van der Waals surface area contributed by atoms with Crippen molar-refractivity contribution < 1.29 is 9.13 Å². The number of halogens is 1. The number of aryl methyl sites for hydroxylation is 1. The van der Waals surface area contributed by atoms with Gasteiger partial charge in [0.15, 0.2) is 0 Å². The van der Waals surface area contributed by atoms with Gasteiger partial charge in [0.1, 0.15) is 11.4 Å². The second kappa shape index (κ2) is 5.45. The van der Waals surface area contributed by atoms with Crippen molar-refractivity contribution >= 4 is 0 Å². The molecule has 0 spiro atoms. The van der Waals surface area contributed by atoms with E-state index in [9.17, 15) is 4.39 Å². The molecule has 0 aliphatic heterocycles. The molecule has 0 bridgehead atoms. The lowest BCUT2D eigenvalue weighted by atomic mass is 9.80. The molecule has 1 heterocycles. The molecule has 2 rings (SSSR count). The number of hydrogen-bond donors (Lipinski definition) is 1. The van der Waals surface area contributed by atoms with Gasteiger partial charge in [-0.3, -0.25) is 4.98 Å². The zero-order valence-electron chi connectivity index (χ0n) is 12.0. The van der Waals surface area contributed by atoms with E-state index in [4.69, 9.17) is 10.5 Å². The largest absolute Gasteiger partial charge is 0.496 e. The monoisotopic (exact) mass is 266 g/mol. The molecule has 0 unspecified atom stereocenters. The molecule has 0 radical (unpaired) electrons. The predicted octanol–water partition coefficient (Wildman–Crippen LogP) is 2.86. The van der Waals surface area contributed by atoms with Crippen molar-refractivity contribution in [2.45, 2.75) is 57.7 Å². The van der Waals surface area contributed by atoms with E-state index in [-0.39, 0.29) is 6.04 Å². The van der Waals surface area contributed by atoms with Crippen molar-refractivity contribution in [1.82, 2.24) is 4.98 Å². The smallest absolute Gasteiger partial charge is 0.128 e. The van der Waals surface area contributed by atoms with Crippen LogP contribution in [0.5, 0.6) is 5.75 Å². The molecular formula is C15H23FN2O. The van der Waals surface area contributed by atoms with Gasteiger partial charge in [-0.1, -0.05) is 0 Å². The Hall–Kier alpha value is -1.16. The molecule has 1 saturated carbocycles. The normalized spacial score (nSPS) is 27.3. The van der Waals surface area contributed by atoms with Crippen molar-refractivity contribution in [3.63, 3.8) is 0 Å². The summed E-state index contributed by atoms with van der Waals surface area (Å²) in [4.78, 5) is 4.39. The van der Waals surface area contributed by atoms with Gasteiger partial charge in [-0.2, -0.15) is 0 Å². The van der Waals surface area contributed by atoms with E-state index < -0.39 is 5.67 Å². The summed E-state index contributed by atoms with van der Waals surface area (Å²) in [6.07, 6.45) is 4.72. The summed E-state index contributed by atoms with van der Waals surface area (Å²) >= 11 is 0. The SMILES string of the molecule is COc1c(C)cnc(CC2(F)CCC(N)CC2)c1C. The number of nitrogens with two attached hydrogens (primary N) is 1. The van der Waals surface area contributed by atoms with E-state index in [2.05, 4.69) is 4.98 Å². The van der Waals surface area contributed by atoms with Gasteiger partial charge in [-0.15, -0.1) is 0 Å². The second-order valence-corrected chi connectivity index (χ2v) is 5.71. The van der Waals surface area contributed by atoms with Crippen LogP contribution < -0.4 is 10.5 Å². The zero-order valence-corrected chi connectivity index (χ0v) is 12.0. The van der Waals surface area contributed by atoms with Gasteiger partial charge in [0.05, 0.1) is 12.8 Å². The lowest BCUT2D eigenvalue weighted by Crippen LogP contribution is -2.37. The van der Waals surface area contributed by atoms with Crippen LogP contribution in [0.4, 0.5) is 4.39 Å². The fraction of sp³-hybridized carbons (Fsp3) is 0.667. The van der Waals surface area contributed by atoms with Gasteiger partial charge in [-0.05, 0) is 39.5 Å². The van der Waals surface area contributed by atoms with Crippen molar-refractivity contribution in [3.05, 3.63) is 23.0 Å². The predicted molar refractivity (Wildman–Crippen MR) is 74.2 cm³/mol. The Morgan fingerprint density at radius 1 is 1.42 bits per heavy atom. The van der Waals surface area contributed by atoms with Crippen LogP contribution in [0.3, 0.4) is 0 Å². The van der Waals surface area contributed by atoms with Gasteiger partial charge < -0.3 is 10.5 Å². The lowest BCUT2D eigenvalue weighted by Gasteiger charge is -2.32. The zero-order chi connectivity index (χ0) is 14.0. The third-order valence-electron chi connectivity index (χ3n) is 4.16. The Morgan fingerprint density at radius 2 is 2.05 bits per heavy atom. The lowest BCUT2D eigenvalue weighted by molar-refractivity contribution is 0.0981. The molecule has 106 valence electrons. The first-order chi connectivity index (χ1) is 8.95. The van der Waals surface area contributed by atoms with Gasteiger partial charge in [-0.25, -0.2) is 4.39 Å². The first-order valence-electron chi connectivity index (χ1n) is 6.89. The Balaban J connectivity index is 2.19. The number of rotatable bonds is 3. The van der Waals surface area contributed by atoms with Crippen LogP contribution in [0.2, 0.25) is 0 Å². The molecule has 4 heteroatoms. The second-order valence-electron chi connectivity index (χ2n) is 5.71. The van der Waals surface area contributed by atoms with Crippen molar-refractivity contribution in [3.8, 4) is 5.75 Å². The summed E-state index contributed by atoms with van der Waals surface area (Å²) < 4.78 is 20.2. The Morgan fingerprint density at radius 3 is 2.63 bits per heavy atom. The van der Waals surface area contributed by atoms with Crippen LogP contribution >= 0.6 is 0 Å². The third-order valence-corrected chi connectivity index (χ3v) is 4.16. The molecule has 1 aromatic rings. The molecule has 0 atom stereocenters. The highest BCUT2D eigenvalue weighted by molar-refractivity contribution is 5.41. The standard InChI is InChI=1S/C15H23FN2O/c1-10-9-18-13(11(2)14(10)19-3)8-15(16)6-4-12(17)5-7-15/h9,12H,4-8,17H2,1-3H3. The summed E-state index contributed by atoms with van der Waals surface area (Å²) in [5, 5.41) is 0. The van der Waals surface area contributed by atoms with Crippen molar-refractivity contribution in [2.75, 3.05) is 7.11 Å². The van der Waals surface area contributed by atoms with Crippen LogP contribution in [0.15, 0.2) is 6.20 Å². The number of nitrogens with zero attached hydrogens (tertiary/aromatic N) is 1. The maximum atomic E-state index is 14.8. The Labute approximate surface area is 114 Å². The fourth-order valence-corrected chi connectivity index (χ4v) is 2.88. The quantitative estimate of drug-likeness (QED) is 0.915.